The van der Waals surface area contributed by atoms with Crippen LogP contribution in [0.25, 0.3) is 0 Å². The van der Waals surface area contributed by atoms with E-state index in [1.807, 2.05) is 0 Å². The van der Waals surface area contributed by atoms with E-state index in [0.717, 1.165) is 12.2 Å². The zero-order chi connectivity index (χ0) is 12.3. The summed E-state index contributed by atoms with van der Waals surface area (Å²) in [5.41, 5.74) is 13.2. The summed E-state index contributed by atoms with van der Waals surface area (Å²) in [6, 6.07) is 5.45. The molecule has 1 aromatic rings. The van der Waals surface area contributed by atoms with Crippen molar-refractivity contribution in [2.24, 2.45) is 5.73 Å². The molecule has 0 heterocycles. The van der Waals surface area contributed by atoms with Crippen LogP contribution in [0, 0.1) is 0 Å². The van der Waals surface area contributed by atoms with Crippen LogP contribution in [-0.2, 0) is 0 Å². The maximum Gasteiger partial charge on any atom is 0.248 e. The summed E-state index contributed by atoms with van der Waals surface area (Å²) in [6.07, 6.45) is 0. The lowest BCUT2D eigenvalue weighted by Gasteiger charge is -2.29. The van der Waals surface area contributed by atoms with Gasteiger partial charge in [-0.2, -0.15) is 0 Å². The van der Waals surface area contributed by atoms with Crippen LogP contribution in [-0.4, -0.2) is 18.5 Å². The normalized spacial score (nSPS) is 10.5. The van der Waals surface area contributed by atoms with Gasteiger partial charge in [0, 0.05) is 18.2 Å². The quantitative estimate of drug-likeness (QED) is 0.758. The second-order valence-electron chi connectivity index (χ2n) is 4.02. The third kappa shape index (κ3) is 2.45. The number of amides is 1. The van der Waals surface area contributed by atoms with E-state index in [1.54, 1.807) is 18.2 Å². The van der Waals surface area contributed by atoms with Gasteiger partial charge in [-0.05, 0) is 39.0 Å². The molecule has 16 heavy (non-hydrogen) atoms. The number of anilines is 2. The fourth-order valence-electron chi connectivity index (χ4n) is 1.76. The van der Waals surface area contributed by atoms with Crippen molar-refractivity contribution in [1.29, 1.82) is 0 Å². The van der Waals surface area contributed by atoms with Crippen molar-refractivity contribution in [3.05, 3.63) is 23.8 Å². The van der Waals surface area contributed by atoms with Gasteiger partial charge in [0.25, 0.3) is 0 Å². The molecule has 0 spiro atoms. The number of nitrogens with zero attached hydrogens (tertiary/aromatic N) is 1. The van der Waals surface area contributed by atoms with E-state index in [1.165, 1.54) is 0 Å². The SMILES string of the molecule is CCN(c1cc(C(N)=O)ccc1N)C(C)C. The summed E-state index contributed by atoms with van der Waals surface area (Å²) in [5.74, 6) is -0.430. The lowest BCUT2D eigenvalue weighted by atomic mass is 10.1. The maximum atomic E-state index is 11.1. The average Bonchev–Trinajstić information content (AvgIpc) is 2.20. The van der Waals surface area contributed by atoms with Gasteiger partial charge in [0.1, 0.15) is 0 Å². The molecular weight excluding hydrogens is 202 g/mol. The first-order valence-corrected chi connectivity index (χ1v) is 5.43. The molecule has 0 atom stereocenters. The Morgan fingerprint density at radius 1 is 1.44 bits per heavy atom. The summed E-state index contributed by atoms with van der Waals surface area (Å²) in [5, 5.41) is 0. The number of primary amides is 1. The molecule has 0 saturated heterocycles. The van der Waals surface area contributed by atoms with Gasteiger partial charge in [0.2, 0.25) is 5.91 Å². The van der Waals surface area contributed by atoms with Crippen molar-refractivity contribution >= 4 is 17.3 Å². The molecule has 4 heteroatoms. The van der Waals surface area contributed by atoms with E-state index in [4.69, 9.17) is 11.5 Å². The van der Waals surface area contributed by atoms with Crippen molar-refractivity contribution < 1.29 is 4.79 Å². The van der Waals surface area contributed by atoms with E-state index >= 15 is 0 Å². The number of nitrogens with two attached hydrogens (primary N) is 2. The molecule has 0 aliphatic carbocycles. The second-order valence-corrected chi connectivity index (χ2v) is 4.02. The predicted octanol–water partition coefficient (Wildman–Crippen LogP) is 1.60. The minimum atomic E-state index is -0.430. The molecule has 0 aliphatic rings. The minimum absolute atomic E-state index is 0.329. The van der Waals surface area contributed by atoms with Crippen LogP contribution in [0.4, 0.5) is 11.4 Å². The van der Waals surface area contributed by atoms with E-state index in [2.05, 4.69) is 25.7 Å². The predicted molar refractivity (Wildman–Crippen MR) is 67.5 cm³/mol. The number of rotatable bonds is 4. The number of carbonyl (C=O) groups is 1. The Balaban J connectivity index is 3.19. The Morgan fingerprint density at radius 3 is 2.50 bits per heavy atom. The van der Waals surface area contributed by atoms with Gasteiger partial charge in [-0.3, -0.25) is 4.79 Å². The monoisotopic (exact) mass is 221 g/mol. The fraction of sp³-hybridized carbons (Fsp3) is 0.417. The molecule has 0 radical (unpaired) electrons. The number of carbonyl (C=O) groups excluding carboxylic acids is 1. The molecule has 0 bridgehead atoms. The Bertz CT molecular complexity index is 388. The molecule has 1 aromatic carbocycles. The van der Waals surface area contributed by atoms with Crippen molar-refractivity contribution in [2.75, 3.05) is 17.2 Å². The summed E-state index contributed by atoms with van der Waals surface area (Å²) in [4.78, 5) is 13.2. The van der Waals surface area contributed by atoms with Crippen LogP contribution in [0.5, 0.6) is 0 Å². The highest BCUT2D eigenvalue weighted by atomic mass is 16.1. The lowest BCUT2D eigenvalue weighted by molar-refractivity contribution is 0.100. The van der Waals surface area contributed by atoms with Gasteiger partial charge in [0.15, 0.2) is 0 Å². The van der Waals surface area contributed by atoms with E-state index in [9.17, 15) is 4.79 Å². The third-order valence-corrected chi connectivity index (χ3v) is 2.59. The standard InChI is InChI=1S/C12H19N3O/c1-4-15(8(2)3)11-7-9(12(14)16)5-6-10(11)13/h5-8H,4,13H2,1-3H3,(H2,14,16). The summed E-state index contributed by atoms with van der Waals surface area (Å²) >= 11 is 0. The third-order valence-electron chi connectivity index (χ3n) is 2.59. The highest BCUT2D eigenvalue weighted by Crippen LogP contribution is 2.26. The molecule has 4 N–H and O–H groups in total. The molecule has 0 saturated carbocycles. The molecule has 0 fully saturated rings. The zero-order valence-corrected chi connectivity index (χ0v) is 10.0. The van der Waals surface area contributed by atoms with Gasteiger partial charge in [-0.15, -0.1) is 0 Å². The van der Waals surface area contributed by atoms with Crippen molar-refractivity contribution in [3.63, 3.8) is 0 Å². The maximum absolute atomic E-state index is 11.1. The molecule has 1 rings (SSSR count). The van der Waals surface area contributed by atoms with Crippen LogP contribution in [0.3, 0.4) is 0 Å². The lowest BCUT2D eigenvalue weighted by Crippen LogP contribution is -2.31. The molecule has 4 nitrogen and oxygen atoms in total. The smallest absolute Gasteiger partial charge is 0.248 e. The highest BCUT2D eigenvalue weighted by molar-refractivity contribution is 5.95. The summed E-state index contributed by atoms with van der Waals surface area (Å²) in [7, 11) is 0. The number of nitrogen functional groups attached to an aromatic ring is 1. The van der Waals surface area contributed by atoms with Crippen LogP contribution in [0.2, 0.25) is 0 Å². The Labute approximate surface area is 96.2 Å². The second kappa shape index (κ2) is 4.88. The molecule has 88 valence electrons. The Hall–Kier alpha value is -1.71. The van der Waals surface area contributed by atoms with E-state index in [0.29, 0.717) is 17.3 Å². The van der Waals surface area contributed by atoms with Crippen LogP contribution in [0.15, 0.2) is 18.2 Å². The molecule has 0 aliphatic heterocycles. The molecule has 0 aromatic heterocycles. The average molecular weight is 221 g/mol. The van der Waals surface area contributed by atoms with Crippen molar-refractivity contribution in [2.45, 2.75) is 26.8 Å². The molecule has 1 amide bonds. The van der Waals surface area contributed by atoms with Crippen LogP contribution < -0.4 is 16.4 Å². The number of benzene rings is 1. The van der Waals surface area contributed by atoms with Crippen LogP contribution >= 0.6 is 0 Å². The van der Waals surface area contributed by atoms with Crippen molar-refractivity contribution in [3.8, 4) is 0 Å². The fourth-order valence-corrected chi connectivity index (χ4v) is 1.76. The minimum Gasteiger partial charge on any atom is -0.397 e. The highest BCUT2D eigenvalue weighted by Gasteiger charge is 2.13. The van der Waals surface area contributed by atoms with Gasteiger partial charge < -0.3 is 16.4 Å². The van der Waals surface area contributed by atoms with Gasteiger partial charge in [-0.25, -0.2) is 0 Å². The first-order valence-electron chi connectivity index (χ1n) is 5.43. The summed E-state index contributed by atoms with van der Waals surface area (Å²) in [6.45, 7) is 7.06. The summed E-state index contributed by atoms with van der Waals surface area (Å²) < 4.78 is 0. The first-order chi connectivity index (χ1) is 7.47. The Morgan fingerprint density at radius 2 is 2.06 bits per heavy atom. The number of hydrogen-bond acceptors (Lipinski definition) is 3. The Kier molecular flexibility index (Phi) is 3.77. The van der Waals surface area contributed by atoms with Crippen molar-refractivity contribution in [1.82, 2.24) is 0 Å². The van der Waals surface area contributed by atoms with Gasteiger partial charge in [-0.1, -0.05) is 0 Å². The van der Waals surface area contributed by atoms with E-state index < -0.39 is 5.91 Å². The van der Waals surface area contributed by atoms with Gasteiger partial charge in [0.05, 0.1) is 11.4 Å². The van der Waals surface area contributed by atoms with Gasteiger partial charge >= 0.3 is 0 Å². The topological polar surface area (TPSA) is 72.3 Å². The first kappa shape index (κ1) is 12.4. The molecular formula is C12H19N3O. The van der Waals surface area contributed by atoms with E-state index in [-0.39, 0.29) is 0 Å². The number of hydrogen-bond donors (Lipinski definition) is 2. The largest absolute Gasteiger partial charge is 0.397 e. The molecule has 0 unspecified atom stereocenters. The zero-order valence-electron chi connectivity index (χ0n) is 10.0. The van der Waals surface area contributed by atoms with Crippen LogP contribution in [0.1, 0.15) is 31.1 Å².